The molecule has 0 saturated carbocycles. The number of benzene rings is 2. The molecule has 1 aliphatic rings. The third kappa shape index (κ3) is 6.75. The van der Waals surface area contributed by atoms with Crippen LogP contribution in [0.1, 0.15) is 30.9 Å². The van der Waals surface area contributed by atoms with Crippen LogP contribution in [0.5, 0.6) is 23.0 Å². The molecule has 3 rings (SSSR count). The van der Waals surface area contributed by atoms with Crippen LogP contribution in [-0.4, -0.2) is 39.6 Å². The van der Waals surface area contributed by atoms with Crippen LogP contribution in [0, 0.1) is 0 Å². The van der Waals surface area contributed by atoms with E-state index in [-0.39, 0.29) is 49.0 Å². The van der Waals surface area contributed by atoms with Gasteiger partial charge in [0.25, 0.3) is 0 Å². The van der Waals surface area contributed by atoms with Gasteiger partial charge < -0.3 is 29.6 Å². The van der Waals surface area contributed by atoms with Crippen molar-refractivity contribution in [2.75, 3.05) is 27.0 Å². The zero-order chi connectivity index (χ0) is 22.2. The van der Waals surface area contributed by atoms with E-state index in [4.69, 9.17) is 14.2 Å². The van der Waals surface area contributed by atoms with Crippen molar-refractivity contribution in [1.29, 1.82) is 0 Å². The number of aliphatic imine (C=N–C) groups is 1. The Hall–Kier alpha value is -2.50. The third-order valence-electron chi connectivity index (χ3n) is 4.77. The minimum atomic E-state index is -2.95. The number of halogens is 3. The number of para-hydroxylation sites is 1. The van der Waals surface area contributed by atoms with Crippen LogP contribution in [0.3, 0.4) is 0 Å². The summed E-state index contributed by atoms with van der Waals surface area (Å²) >= 11 is 0. The van der Waals surface area contributed by atoms with Gasteiger partial charge in [0.15, 0.2) is 17.5 Å². The van der Waals surface area contributed by atoms with Crippen molar-refractivity contribution in [3.05, 3.63) is 47.5 Å². The molecule has 0 aromatic heterocycles. The van der Waals surface area contributed by atoms with Crippen LogP contribution in [0.25, 0.3) is 0 Å². The van der Waals surface area contributed by atoms with Gasteiger partial charge in [0.2, 0.25) is 6.79 Å². The molecular weight excluding hydrogens is 535 g/mol. The zero-order valence-corrected chi connectivity index (χ0v) is 20.5. The highest BCUT2D eigenvalue weighted by atomic mass is 127. The summed E-state index contributed by atoms with van der Waals surface area (Å²) in [7, 11) is 1.65. The lowest BCUT2D eigenvalue weighted by atomic mass is 10.0. The number of fused-ring (bicyclic) bond motifs is 1. The van der Waals surface area contributed by atoms with Gasteiger partial charge >= 0.3 is 6.61 Å². The molecule has 176 valence electrons. The summed E-state index contributed by atoms with van der Waals surface area (Å²) in [6, 6.07) is 10.9. The van der Waals surface area contributed by atoms with E-state index in [2.05, 4.69) is 27.3 Å². The maximum absolute atomic E-state index is 12.8. The molecule has 0 amide bonds. The first-order valence-corrected chi connectivity index (χ1v) is 10.0. The van der Waals surface area contributed by atoms with Crippen molar-refractivity contribution < 1.29 is 27.7 Å². The Kier molecular flexibility index (Phi) is 10.1. The normalized spacial score (nSPS) is 13.4. The van der Waals surface area contributed by atoms with Crippen molar-refractivity contribution in [3.63, 3.8) is 0 Å². The number of ether oxygens (including phenoxy) is 4. The predicted octanol–water partition coefficient (Wildman–Crippen LogP) is 4.50. The van der Waals surface area contributed by atoms with Gasteiger partial charge in [0.05, 0.1) is 13.7 Å². The van der Waals surface area contributed by atoms with E-state index < -0.39 is 6.61 Å². The second kappa shape index (κ2) is 12.5. The van der Waals surface area contributed by atoms with Crippen LogP contribution >= 0.6 is 24.0 Å². The molecule has 0 fully saturated rings. The molecule has 2 aromatic rings. The molecule has 7 nitrogen and oxygen atoms in total. The van der Waals surface area contributed by atoms with Crippen molar-refractivity contribution in [1.82, 2.24) is 10.6 Å². The quantitative estimate of drug-likeness (QED) is 0.266. The van der Waals surface area contributed by atoms with E-state index in [0.29, 0.717) is 36.1 Å². The fourth-order valence-electron chi connectivity index (χ4n) is 3.23. The van der Waals surface area contributed by atoms with Crippen molar-refractivity contribution in [3.8, 4) is 23.0 Å². The summed E-state index contributed by atoms with van der Waals surface area (Å²) in [6.07, 6.45) is 0. The van der Waals surface area contributed by atoms with E-state index in [0.717, 1.165) is 11.3 Å². The molecule has 0 spiro atoms. The zero-order valence-electron chi connectivity index (χ0n) is 18.2. The molecule has 10 heteroatoms. The van der Waals surface area contributed by atoms with Crippen molar-refractivity contribution in [2.24, 2.45) is 4.99 Å². The van der Waals surface area contributed by atoms with E-state index in [1.807, 2.05) is 31.2 Å². The second-order valence-corrected chi connectivity index (χ2v) is 6.91. The maximum atomic E-state index is 12.8. The van der Waals surface area contributed by atoms with E-state index in [1.54, 1.807) is 13.2 Å². The molecule has 2 N–H and O–H groups in total. The van der Waals surface area contributed by atoms with Crippen LogP contribution in [0.2, 0.25) is 0 Å². The maximum Gasteiger partial charge on any atom is 0.387 e. The minimum absolute atomic E-state index is 0. The Morgan fingerprint density at radius 1 is 1.12 bits per heavy atom. The van der Waals surface area contributed by atoms with E-state index in [1.165, 1.54) is 6.07 Å². The molecule has 0 aliphatic carbocycles. The van der Waals surface area contributed by atoms with Gasteiger partial charge in [-0.25, -0.2) is 4.99 Å². The molecule has 1 heterocycles. The van der Waals surface area contributed by atoms with Crippen molar-refractivity contribution >= 4 is 29.9 Å². The second-order valence-electron chi connectivity index (χ2n) is 6.91. The number of guanidine groups is 1. The van der Waals surface area contributed by atoms with E-state index in [9.17, 15) is 8.78 Å². The molecule has 0 saturated heterocycles. The summed E-state index contributed by atoms with van der Waals surface area (Å²) in [6.45, 7) is 2.51. The Bertz CT molecular complexity index is 915. The lowest BCUT2D eigenvalue weighted by Crippen LogP contribution is -2.39. The molecule has 1 atom stereocenters. The van der Waals surface area contributed by atoms with Crippen LogP contribution < -0.4 is 29.6 Å². The number of hydrogen-bond donors (Lipinski definition) is 2. The van der Waals surface area contributed by atoms with Crippen molar-refractivity contribution in [2.45, 2.75) is 32.9 Å². The molecule has 1 unspecified atom stereocenters. The number of nitrogens with one attached hydrogen (secondary N) is 2. The average Bonchev–Trinajstić information content (AvgIpc) is 3.22. The largest absolute Gasteiger partial charge is 0.496 e. The number of rotatable bonds is 9. The molecule has 0 bridgehead atoms. The first-order chi connectivity index (χ1) is 15.0. The van der Waals surface area contributed by atoms with E-state index >= 15 is 0 Å². The summed E-state index contributed by atoms with van der Waals surface area (Å²) < 4.78 is 46.4. The first-order valence-electron chi connectivity index (χ1n) is 10.0. The Morgan fingerprint density at radius 3 is 2.53 bits per heavy atom. The smallest absolute Gasteiger partial charge is 0.387 e. The molecule has 2 aromatic carbocycles. The number of hydrogen-bond acceptors (Lipinski definition) is 5. The monoisotopic (exact) mass is 563 g/mol. The molecule has 1 aliphatic heterocycles. The Labute approximate surface area is 203 Å². The third-order valence-corrected chi connectivity index (χ3v) is 4.77. The highest BCUT2D eigenvalue weighted by Crippen LogP contribution is 2.39. The molecule has 32 heavy (non-hydrogen) atoms. The summed E-state index contributed by atoms with van der Waals surface area (Å²) in [4.78, 5) is 4.53. The van der Waals surface area contributed by atoms with Crippen LogP contribution in [-0.2, 0) is 6.54 Å². The fraction of sp³-hybridized carbons (Fsp3) is 0.409. The SMILES string of the molecule is CCNC(=NCc1cc2c(cc1OC(F)F)OCO2)NCC(C)c1ccccc1OC.I. The predicted molar refractivity (Wildman–Crippen MR) is 129 cm³/mol. The van der Waals surface area contributed by atoms with Gasteiger partial charge in [-0.05, 0) is 24.6 Å². The average molecular weight is 563 g/mol. The van der Waals surface area contributed by atoms with Gasteiger partial charge in [-0.2, -0.15) is 8.78 Å². The number of nitrogens with zero attached hydrogens (tertiary/aromatic N) is 1. The highest BCUT2D eigenvalue weighted by molar-refractivity contribution is 14.0. The summed E-state index contributed by atoms with van der Waals surface area (Å²) in [5, 5.41) is 6.46. The fourth-order valence-corrected chi connectivity index (χ4v) is 3.23. The van der Waals surface area contributed by atoms with Gasteiger partial charge in [0, 0.05) is 30.6 Å². The van der Waals surface area contributed by atoms with Crippen LogP contribution in [0.15, 0.2) is 41.4 Å². The lowest BCUT2D eigenvalue weighted by molar-refractivity contribution is -0.0505. The Morgan fingerprint density at radius 2 is 1.84 bits per heavy atom. The number of methoxy groups -OCH3 is 1. The molecule has 0 radical (unpaired) electrons. The van der Waals surface area contributed by atoms with Gasteiger partial charge in [-0.3, -0.25) is 0 Å². The first kappa shape index (κ1) is 25.8. The minimum Gasteiger partial charge on any atom is -0.496 e. The standard InChI is InChI=1S/C22H27F2N3O4.HI/c1-4-25-22(26-11-14(2)16-7-5-6-8-17(16)28-3)27-12-15-9-19-20(30-13-29-19)10-18(15)31-21(23)24;/h5-10,14,21H,4,11-13H2,1-3H3,(H2,25,26,27);1H. The Balaban J connectivity index is 0.00000363. The topological polar surface area (TPSA) is 73.3 Å². The summed E-state index contributed by atoms with van der Waals surface area (Å²) in [5.74, 6) is 2.41. The van der Waals surface area contributed by atoms with Gasteiger partial charge in [-0.15, -0.1) is 24.0 Å². The highest BCUT2D eigenvalue weighted by Gasteiger charge is 2.20. The lowest BCUT2D eigenvalue weighted by Gasteiger charge is -2.18. The summed E-state index contributed by atoms with van der Waals surface area (Å²) in [5.41, 5.74) is 1.55. The molecular formula is C22H28F2IN3O4. The van der Waals surface area contributed by atoms with Crippen LogP contribution in [0.4, 0.5) is 8.78 Å². The van der Waals surface area contributed by atoms with Gasteiger partial charge in [-0.1, -0.05) is 25.1 Å². The van der Waals surface area contributed by atoms with Gasteiger partial charge in [0.1, 0.15) is 11.5 Å². The number of alkyl halides is 2.